The first-order valence-electron chi connectivity index (χ1n) is 6.62. The molecule has 2 aromatic carbocycles. The summed E-state index contributed by atoms with van der Waals surface area (Å²) in [5.41, 5.74) is 2.37. The molecule has 1 heterocycles. The van der Waals surface area contributed by atoms with E-state index in [1.807, 2.05) is 47.8 Å². The van der Waals surface area contributed by atoms with Crippen LogP contribution in [-0.4, -0.2) is 11.5 Å². The van der Waals surface area contributed by atoms with E-state index >= 15 is 0 Å². The predicted molar refractivity (Wildman–Crippen MR) is 94.9 cm³/mol. The van der Waals surface area contributed by atoms with E-state index in [0.717, 1.165) is 11.3 Å². The van der Waals surface area contributed by atoms with Gasteiger partial charge < -0.3 is 4.74 Å². The summed E-state index contributed by atoms with van der Waals surface area (Å²) in [7, 11) is 0. The summed E-state index contributed by atoms with van der Waals surface area (Å²) >= 11 is 15.9. The number of thioether (sulfide) groups is 2. The molecular formula is C16H14Cl2OS2. The number of hydrogen-bond acceptors (Lipinski definition) is 3. The Labute approximate surface area is 143 Å². The van der Waals surface area contributed by atoms with Crippen molar-refractivity contribution in [1.82, 2.24) is 0 Å². The van der Waals surface area contributed by atoms with Gasteiger partial charge in [0, 0.05) is 11.5 Å². The Bertz CT molecular complexity index is 610. The van der Waals surface area contributed by atoms with Gasteiger partial charge in [0.2, 0.25) is 0 Å². The first kappa shape index (κ1) is 15.4. The third-order valence-electron chi connectivity index (χ3n) is 3.16. The second-order valence-corrected chi connectivity index (χ2v) is 8.22. The molecule has 0 aliphatic carbocycles. The third kappa shape index (κ3) is 4.04. The molecule has 0 spiro atoms. The molecule has 2 aromatic rings. The largest absolute Gasteiger partial charge is 0.489 e. The summed E-state index contributed by atoms with van der Waals surface area (Å²) in [6.45, 7) is 0.489. The number of ether oxygens (including phenoxy) is 1. The van der Waals surface area contributed by atoms with Gasteiger partial charge in [-0.2, -0.15) is 0 Å². The highest BCUT2D eigenvalue weighted by Gasteiger charge is 2.17. The molecule has 5 heteroatoms. The normalized spacial score (nSPS) is 15.3. The highest BCUT2D eigenvalue weighted by Crippen LogP contribution is 2.45. The lowest BCUT2D eigenvalue weighted by atomic mass is 10.2. The monoisotopic (exact) mass is 356 g/mol. The molecule has 3 rings (SSSR count). The molecule has 0 bridgehead atoms. The van der Waals surface area contributed by atoms with Gasteiger partial charge in [0.25, 0.3) is 0 Å². The average molecular weight is 357 g/mol. The molecule has 1 fully saturated rings. The molecule has 0 N–H and O–H groups in total. The van der Waals surface area contributed by atoms with Crippen molar-refractivity contribution in [1.29, 1.82) is 0 Å². The molecule has 0 saturated carbocycles. The van der Waals surface area contributed by atoms with Crippen LogP contribution in [0.3, 0.4) is 0 Å². The quantitative estimate of drug-likeness (QED) is 0.659. The van der Waals surface area contributed by atoms with Crippen LogP contribution in [0, 0.1) is 0 Å². The zero-order chi connectivity index (χ0) is 14.7. The van der Waals surface area contributed by atoms with Gasteiger partial charge in [-0.3, -0.25) is 0 Å². The Kier molecular flexibility index (Phi) is 5.28. The second kappa shape index (κ2) is 7.19. The van der Waals surface area contributed by atoms with Crippen LogP contribution in [0.5, 0.6) is 5.75 Å². The van der Waals surface area contributed by atoms with Crippen LogP contribution in [0.1, 0.15) is 15.7 Å². The highest BCUT2D eigenvalue weighted by molar-refractivity contribution is 8.19. The van der Waals surface area contributed by atoms with Crippen LogP contribution in [0.4, 0.5) is 0 Å². The summed E-state index contributed by atoms with van der Waals surface area (Å²) in [5.74, 6) is 3.35. The van der Waals surface area contributed by atoms with Crippen molar-refractivity contribution in [3.8, 4) is 5.75 Å². The topological polar surface area (TPSA) is 9.23 Å². The number of benzene rings is 2. The molecule has 0 amide bonds. The average Bonchev–Trinajstić information content (AvgIpc) is 3.03. The summed E-state index contributed by atoms with van der Waals surface area (Å²) in [6.07, 6.45) is 0. The smallest absolute Gasteiger partial charge is 0.119 e. The van der Waals surface area contributed by atoms with Crippen molar-refractivity contribution in [2.24, 2.45) is 0 Å². The van der Waals surface area contributed by atoms with E-state index in [-0.39, 0.29) is 0 Å². The molecule has 0 aromatic heterocycles. The minimum Gasteiger partial charge on any atom is -0.489 e. The summed E-state index contributed by atoms with van der Waals surface area (Å²) < 4.78 is 6.37. The maximum atomic E-state index is 6.00. The summed E-state index contributed by atoms with van der Waals surface area (Å²) in [5, 5.41) is 1.12. The lowest BCUT2D eigenvalue weighted by Gasteiger charge is -2.10. The van der Waals surface area contributed by atoms with E-state index in [1.165, 1.54) is 17.1 Å². The first-order chi connectivity index (χ1) is 10.2. The van der Waals surface area contributed by atoms with E-state index in [9.17, 15) is 0 Å². The van der Waals surface area contributed by atoms with E-state index in [1.54, 1.807) is 6.07 Å². The second-order valence-electron chi connectivity index (χ2n) is 4.68. The molecule has 0 unspecified atom stereocenters. The Balaban J connectivity index is 1.61. The maximum absolute atomic E-state index is 6.00. The van der Waals surface area contributed by atoms with Gasteiger partial charge in [0.15, 0.2) is 0 Å². The molecule has 1 aliphatic heterocycles. The van der Waals surface area contributed by atoms with E-state index in [2.05, 4.69) is 12.1 Å². The number of hydrogen-bond donors (Lipinski definition) is 0. The Morgan fingerprint density at radius 1 is 0.952 bits per heavy atom. The molecule has 1 aliphatic rings. The van der Waals surface area contributed by atoms with Crippen molar-refractivity contribution in [3.05, 3.63) is 63.6 Å². The summed E-state index contributed by atoms with van der Waals surface area (Å²) in [4.78, 5) is 0. The van der Waals surface area contributed by atoms with Crippen LogP contribution in [0.15, 0.2) is 42.5 Å². The lowest BCUT2D eigenvalue weighted by molar-refractivity contribution is 0.306. The van der Waals surface area contributed by atoms with Gasteiger partial charge in [0.05, 0.1) is 14.6 Å². The zero-order valence-corrected chi connectivity index (χ0v) is 14.4. The predicted octanol–water partition coefficient (Wildman–Crippen LogP) is 6.05. The van der Waals surface area contributed by atoms with Gasteiger partial charge in [-0.05, 0) is 35.4 Å². The fraction of sp³-hybridized carbons (Fsp3) is 0.250. The van der Waals surface area contributed by atoms with Crippen molar-refractivity contribution in [2.45, 2.75) is 11.2 Å². The number of rotatable bonds is 4. The Morgan fingerprint density at radius 3 is 2.33 bits per heavy atom. The molecular weight excluding hydrogens is 343 g/mol. The van der Waals surface area contributed by atoms with Crippen molar-refractivity contribution >= 4 is 46.7 Å². The van der Waals surface area contributed by atoms with Crippen molar-refractivity contribution in [3.63, 3.8) is 0 Å². The molecule has 0 radical (unpaired) electrons. The first-order valence-corrected chi connectivity index (χ1v) is 9.47. The standard InChI is InChI=1S/C16H14Cl2OS2/c17-14-6-1-11(9-15(14)18)10-19-13-4-2-12(3-5-13)16-20-7-8-21-16/h1-6,9,16H,7-8,10H2. The fourth-order valence-corrected chi connectivity index (χ4v) is 5.25. The van der Waals surface area contributed by atoms with E-state index in [4.69, 9.17) is 27.9 Å². The van der Waals surface area contributed by atoms with Crippen LogP contribution in [0.2, 0.25) is 10.0 Å². The van der Waals surface area contributed by atoms with Crippen LogP contribution in [0.25, 0.3) is 0 Å². The van der Waals surface area contributed by atoms with Gasteiger partial charge in [-0.25, -0.2) is 0 Å². The SMILES string of the molecule is Clc1ccc(COc2ccc(C3SCCS3)cc2)cc1Cl. The third-order valence-corrected chi connectivity index (χ3v) is 7.01. The Morgan fingerprint density at radius 2 is 1.67 bits per heavy atom. The molecule has 110 valence electrons. The van der Waals surface area contributed by atoms with E-state index in [0.29, 0.717) is 21.2 Å². The van der Waals surface area contributed by atoms with Crippen LogP contribution < -0.4 is 4.74 Å². The fourth-order valence-electron chi connectivity index (χ4n) is 2.07. The molecule has 1 saturated heterocycles. The number of halogens is 2. The van der Waals surface area contributed by atoms with Crippen molar-refractivity contribution < 1.29 is 4.74 Å². The highest BCUT2D eigenvalue weighted by atomic mass is 35.5. The van der Waals surface area contributed by atoms with Gasteiger partial charge >= 0.3 is 0 Å². The minimum absolute atomic E-state index is 0.489. The van der Waals surface area contributed by atoms with Crippen LogP contribution in [-0.2, 0) is 6.61 Å². The van der Waals surface area contributed by atoms with Crippen molar-refractivity contribution in [2.75, 3.05) is 11.5 Å². The molecule has 1 nitrogen and oxygen atoms in total. The maximum Gasteiger partial charge on any atom is 0.119 e. The zero-order valence-electron chi connectivity index (χ0n) is 11.2. The lowest BCUT2D eigenvalue weighted by Crippen LogP contribution is -1.95. The minimum atomic E-state index is 0.489. The summed E-state index contributed by atoms with van der Waals surface area (Å²) in [6, 6.07) is 13.9. The van der Waals surface area contributed by atoms with Gasteiger partial charge in [0.1, 0.15) is 12.4 Å². The van der Waals surface area contributed by atoms with Gasteiger partial charge in [-0.15, -0.1) is 23.5 Å². The van der Waals surface area contributed by atoms with E-state index < -0.39 is 0 Å². The molecule has 0 atom stereocenters. The van der Waals surface area contributed by atoms with Crippen LogP contribution >= 0.6 is 46.7 Å². The Hall–Kier alpha value is -0.480. The van der Waals surface area contributed by atoms with Gasteiger partial charge in [-0.1, -0.05) is 41.4 Å². The molecule has 21 heavy (non-hydrogen) atoms.